The van der Waals surface area contributed by atoms with Crippen LogP contribution in [0.2, 0.25) is 0 Å². The van der Waals surface area contributed by atoms with Gasteiger partial charge in [0.2, 0.25) is 5.91 Å². The van der Waals surface area contributed by atoms with Crippen molar-refractivity contribution in [1.29, 1.82) is 0 Å². The molecule has 1 fully saturated rings. The van der Waals surface area contributed by atoms with E-state index in [-0.39, 0.29) is 18.3 Å². The summed E-state index contributed by atoms with van der Waals surface area (Å²) in [5, 5.41) is 7.82. The van der Waals surface area contributed by atoms with Gasteiger partial charge in [-0.3, -0.25) is 9.48 Å². The molecule has 2 aromatic rings. The summed E-state index contributed by atoms with van der Waals surface area (Å²) in [6.07, 6.45) is 5.53. The molecule has 1 atom stereocenters. The first-order valence-electron chi connectivity index (χ1n) is 7.67. The van der Waals surface area contributed by atoms with Crippen LogP contribution in [-0.4, -0.2) is 38.9 Å². The minimum Gasteiger partial charge on any atom is -0.341 e. The second-order valence-electron chi connectivity index (χ2n) is 5.78. The van der Waals surface area contributed by atoms with Gasteiger partial charge in [0.1, 0.15) is 6.04 Å². The van der Waals surface area contributed by atoms with Gasteiger partial charge in [0, 0.05) is 25.8 Å². The predicted molar refractivity (Wildman–Crippen MR) is 89.9 cm³/mol. The normalized spacial score (nSPS) is 16.7. The molecule has 3 rings (SSSR count). The Kier molecular flexibility index (Phi) is 6.12. The molecule has 23 heavy (non-hydrogen) atoms. The van der Waals surface area contributed by atoms with E-state index in [4.69, 9.17) is 5.73 Å². The molecule has 1 aromatic carbocycles. The Hall–Kier alpha value is -1.92. The van der Waals surface area contributed by atoms with E-state index in [1.54, 1.807) is 6.20 Å². The summed E-state index contributed by atoms with van der Waals surface area (Å²) in [5.41, 5.74) is 6.97. The number of aromatic nitrogens is 3. The van der Waals surface area contributed by atoms with Crippen molar-refractivity contribution in [3.05, 3.63) is 48.3 Å². The molecule has 1 unspecified atom stereocenters. The van der Waals surface area contributed by atoms with Crippen LogP contribution in [0.15, 0.2) is 42.7 Å². The van der Waals surface area contributed by atoms with E-state index in [1.807, 2.05) is 46.1 Å². The Balaban J connectivity index is 0.00000192. The Morgan fingerprint density at radius 3 is 2.57 bits per heavy atom. The van der Waals surface area contributed by atoms with Crippen LogP contribution in [0, 0.1) is 5.92 Å². The van der Waals surface area contributed by atoms with E-state index in [1.165, 1.54) is 0 Å². The molecule has 1 amide bonds. The van der Waals surface area contributed by atoms with Crippen LogP contribution in [0.1, 0.15) is 24.4 Å². The SMILES string of the molecule is Cl.NC(C(=O)N1CCC(Cn2ccnn2)CC1)c1ccccc1. The largest absolute Gasteiger partial charge is 0.341 e. The number of likely N-dealkylation sites (tertiary alicyclic amines) is 1. The zero-order valence-corrected chi connectivity index (χ0v) is 13.7. The standard InChI is InChI=1S/C16H21N5O.ClH/c17-15(14-4-2-1-3-5-14)16(22)20-9-6-13(7-10-20)12-21-11-8-18-19-21;/h1-5,8,11,13,15H,6-7,9-10,12,17H2;1H. The van der Waals surface area contributed by atoms with Gasteiger partial charge >= 0.3 is 0 Å². The molecule has 1 aliphatic heterocycles. The van der Waals surface area contributed by atoms with Crippen molar-refractivity contribution in [2.45, 2.75) is 25.4 Å². The predicted octanol–water partition coefficient (Wildman–Crippen LogP) is 1.64. The summed E-state index contributed by atoms with van der Waals surface area (Å²) in [6.45, 7) is 2.39. The maximum absolute atomic E-state index is 12.5. The van der Waals surface area contributed by atoms with E-state index < -0.39 is 6.04 Å². The minimum atomic E-state index is -0.562. The first-order chi connectivity index (χ1) is 10.7. The number of hydrogen-bond donors (Lipinski definition) is 1. The number of halogens is 1. The third-order valence-corrected chi connectivity index (χ3v) is 4.27. The number of hydrogen-bond acceptors (Lipinski definition) is 4. The molecule has 0 aliphatic carbocycles. The lowest BCUT2D eigenvalue weighted by Gasteiger charge is -2.33. The third kappa shape index (κ3) is 4.30. The maximum atomic E-state index is 12.5. The topological polar surface area (TPSA) is 77.0 Å². The summed E-state index contributed by atoms with van der Waals surface area (Å²) < 4.78 is 1.86. The minimum absolute atomic E-state index is 0. The molecular weight excluding hydrogens is 314 g/mol. The third-order valence-electron chi connectivity index (χ3n) is 4.27. The lowest BCUT2D eigenvalue weighted by Crippen LogP contribution is -2.43. The molecule has 2 N–H and O–H groups in total. The Labute approximate surface area is 142 Å². The fourth-order valence-corrected chi connectivity index (χ4v) is 2.93. The summed E-state index contributed by atoms with van der Waals surface area (Å²) in [5.74, 6) is 0.559. The van der Waals surface area contributed by atoms with Crippen molar-refractivity contribution >= 4 is 18.3 Å². The summed E-state index contributed by atoms with van der Waals surface area (Å²) in [6, 6.07) is 8.99. The van der Waals surface area contributed by atoms with Crippen molar-refractivity contribution in [3.63, 3.8) is 0 Å². The highest BCUT2D eigenvalue weighted by atomic mass is 35.5. The second-order valence-corrected chi connectivity index (χ2v) is 5.78. The fourth-order valence-electron chi connectivity index (χ4n) is 2.93. The van der Waals surface area contributed by atoms with Crippen LogP contribution in [0.3, 0.4) is 0 Å². The first-order valence-corrected chi connectivity index (χ1v) is 7.67. The number of amides is 1. The molecule has 2 heterocycles. The zero-order valence-electron chi connectivity index (χ0n) is 12.9. The molecule has 7 heteroatoms. The van der Waals surface area contributed by atoms with Crippen molar-refractivity contribution in [2.24, 2.45) is 11.7 Å². The van der Waals surface area contributed by atoms with Gasteiger partial charge in [0.25, 0.3) is 0 Å². The van der Waals surface area contributed by atoms with E-state index in [9.17, 15) is 4.79 Å². The molecule has 0 radical (unpaired) electrons. The quantitative estimate of drug-likeness (QED) is 0.921. The van der Waals surface area contributed by atoms with Gasteiger partial charge in [0.05, 0.1) is 6.20 Å². The highest BCUT2D eigenvalue weighted by Gasteiger charge is 2.27. The van der Waals surface area contributed by atoms with Crippen LogP contribution in [0.4, 0.5) is 0 Å². The number of carbonyl (C=O) groups is 1. The molecule has 1 aliphatic rings. The zero-order chi connectivity index (χ0) is 15.4. The molecular formula is C16H22ClN5O. The molecule has 124 valence electrons. The van der Waals surface area contributed by atoms with Gasteiger partial charge in [-0.2, -0.15) is 0 Å². The van der Waals surface area contributed by atoms with Crippen LogP contribution in [-0.2, 0) is 11.3 Å². The highest BCUT2D eigenvalue weighted by Crippen LogP contribution is 2.21. The Morgan fingerprint density at radius 2 is 1.96 bits per heavy atom. The highest BCUT2D eigenvalue weighted by molar-refractivity contribution is 5.85. The summed E-state index contributed by atoms with van der Waals surface area (Å²) in [4.78, 5) is 14.4. The maximum Gasteiger partial charge on any atom is 0.244 e. The lowest BCUT2D eigenvalue weighted by atomic mass is 9.95. The molecule has 0 bridgehead atoms. The van der Waals surface area contributed by atoms with Crippen molar-refractivity contribution in [1.82, 2.24) is 19.9 Å². The number of piperidine rings is 1. The fraction of sp³-hybridized carbons (Fsp3) is 0.438. The van der Waals surface area contributed by atoms with Gasteiger partial charge in [-0.15, -0.1) is 17.5 Å². The van der Waals surface area contributed by atoms with Crippen LogP contribution >= 0.6 is 12.4 Å². The Bertz CT molecular complexity index is 596. The van der Waals surface area contributed by atoms with Crippen LogP contribution in [0.25, 0.3) is 0 Å². The second kappa shape index (κ2) is 8.08. The van der Waals surface area contributed by atoms with Gasteiger partial charge in [-0.25, -0.2) is 0 Å². The number of nitrogens with zero attached hydrogens (tertiary/aromatic N) is 4. The smallest absolute Gasteiger partial charge is 0.244 e. The van der Waals surface area contributed by atoms with Gasteiger partial charge in [-0.1, -0.05) is 35.5 Å². The monoisotopic (exact) mass is 335 g/mol. The van der Waals surface area contributed by atoms with Gasteiger partial charge < -0.3 is 10.6 Å². The van der Waals surface area contributed by atoms with Gasteiger partial charge in [0.15, 0.2) is 0 Å². The van der Waals surface area contributed by atoms with E-state index in [0.717, 1.165) is 38.0 Å². The number of nitrogens with two attached hydrogens (primary N) is 1. The average molecular weight is 336 g/mol. The first kappa shape index (κ1) is 17.4. The van der Waals surface area contributed by atoms with E-state index in [2.05, 4.69) is 10.3 Å². The van der Waals surface area contributed by atoms with Crippen molar-refractivity contribution < 1.29 is 4.79 Å². The molecule has 6 nitrogen and oxygen atoms in total. The van der Waals surface area contributed by atoms with Crippen LogP contribution in [0.5, 0.6) is 0 Å². The lowest BCUT2D eigenvalue weighted by molar-refractivity contribution is -0.134. The van der Waals surface area contributed by atoms with Crippen molar-refractivity contribution in [2.75, 3.05) is 13.1 Å². The van der Waals surface area contributed by atoms with E-state index in [0.29, 0.717) is 5.92 Å². The summed E-state index contributed by atoms with van der Waals surface area (Å²) >= 11 is 0. The Morgan fingerprint density at radius 1 is 1.26 bits per heavy atom. The van der Waals surface area contributed by atoms with Crippen molar-refractivity contribution in [3.8, 4) is 0 Å². The molecule has 1 aromatic heterocycles. The molecule has 1 saturated heterocycles. The van der Waals surface area contributed by atoms with E-state index >= 15 is 0 Å². The average Bonchev–Trinajstić information content (AvgIpc) is 3.08. The number of rotatable bonds is 4. The van der Waals surface area contributed by atoms with Crippen LogP contribution < -0.4 is 5.73 Å². The van der Waals surface area contributed by atoms with Gasteiger partial charge in [-0.05, 0) is 24.3 Å². The number of carbonyl (C=O) groups excluding carboxylic acids is 1. The molecule has 0 spiro atoms. The molecule has 0 saturated carbocycles. The number of benzene rings is 1. The summed E-state index contributed by atoms with van der Waals surface area (Å²) in [7, 11) is 0.